The molecule has 0 radical (unpaired) electrons. The van der Waals surface area contributed by atoms with Crippen LogP contribution in [0.4, 0.5) is 9.59 Å². The number of rotatable bonds is 2. The summed E-state index contributed by atoms with van der Waals surface area (Å²) in [6, 6.07) is 0. The van der Waals surface area contributed by atoms with Crippen molar-refractivity contribution in [2.24, 2.45) is 0 Å². The molecule has 2 heterocycles. The number of carbonyl (C=O) groups excluding carboxylic acids is 2. The first-order valence-corrected chi connectivity index (χ1v) is 10.1. The third-order valence-corrected chi connectivity index (χ3v) is 4.34. The molecule has 0 bridgehead atoms. The van der Waals surface area contributed by atoms with Gasteiger partial charge in [0, 0.05) is 13.1 Å². The maximum atomic E-state index is 11.5. The molecule has 8 heteroatoms. The van der Waals surface area contributed by atoms with Crippen molar-refractivity contribution in [1.82, 2.24) is 21.3 Å². The fraction of sp³-hybridized carbons (Fsp3) is 0.900. The summed E-state index contributed by atoms with van der Waals surface area (Å²) in [6.45, 7) is 18.8. The van der Waals surface area contributed by atoms with E-state index in [1.54, 1.807) is 0 Å². The lowest BCUT2D eigenvalue weighted by Crippen LogP contribution is -2.49. The molecular formula is C20H40N4O4. The Labute approximate surface area is 169 Å². The summed E-state index contributed by atoms with van der Waals surface area (Å²) in [5.74, 6) is 0. The van der Waals surface area contributed by atoms with Crippen molar-refractivity contribution < 1.29 is 19.1 Å². The Morgan fingerprint density at radius 2 is 1.07 bits per heavy atom. The van der Waals surface area contributed by atoms with Crippen molar-refractivity contribution in [3.05, 3.63) is 0 Å². The van der Waals surface area contributed by atoms with Gasteiger partial charge in [0.25, 0.3) is 0 Å². The van der Waals surface area contributed by atoms with Crippen LogP contribution < -0.4 is 21.3 Å². The van der Waals surface area contributed by atoms with Crippen LogP contribution >= 0.6 is 0 Å². The molecular weight excluding hydrogens is 360 g/mol. The molecule has 2 rings (SSSR count). The molecule has 2 amide bonds. The Morgan fingerprint density at radius 3 is 1.29 bits per heavy atom. The molecule has 0 aliphatic carbocycles. The molecule has 164 valence electrons. The van der Waals surface area contributed by atoms with Crippen molar-refractivity contribution in [2.45, 2.75) is 90.5 Å². The number of carbonyl (C=O) groups is 2. The second-order valence-corrected chi connectivity index (χ2v) is 10.2. The first-order chi connectivity index (χ1) is 12.6. The maximum absolute atomic E-state index is 11.5. The Hall–Kier alpha value is -1.54. The van der Waals surface area contributed by atoms with Crippen LogP contribution in [0.2, 0.25) is 0 Å². The topological polar surface area (TPSA) is 101 Å². The molecule has 0 aromatic heterocycles. The molecule has 8 nitrogen and oxygen atoms in total. The van der Waals surface area contributed by atoms with E-state index >= 15 is 0 Å². The highest BCUT2D eigenvalue weighted by atomic mass is 16.6. The lowest BCUT2D eigenvalue weighted by molar-refractivity contribution is 0.0460. The highest BCUT2D eigenvalue weighted by molar-refractivity contribution is 5.69. The summed E-state index contributed by atoms with van der Waals surface area (Å²) < 4.78 is 10.4. The van der Waals surface area contributed by atoms with Crippen LogP contribution in [0.15, 0.2) is 0 Å². The number of hydrogen-bond donors (Lipinski definition) is 4. The minimum atomic E-state index is -0.424. The molecule has 0 unspecified atom stereocenters. The third-order valence-electron chi connectivity index (χ3n) is 4.34. The second kappa shape index (κ2) is 9.31. The smallest absolute Gasteiger partial charge is 0.408 e. The number of hydrogen-bond acceptors (Lipinski definition) is 6. The lowest BCUT2D eigenvalue weighted by Gasteiger charge is -2.27. The second-order valence-electron chi connectivity index (χ2n) is 10.2. The Bertz CT molecular complexity index is 477. The van der Waals surface area contributed by atoms with Crippen LogP contribution in [0.25, 0.3) is 0 Å². The molecule has 0 spiro atoms. The summed E-state index contributed by atoms with van der Waals surface area (Å²) in [5.41, 5.74) is -1.15. The van der Waals surface area contributed by atoms with Gasteiger partial charge in [0.1, 0.15) is 11.2 Å². The van der Waals surface area contributed by atoms with E-state index in [9.17, 15) is 9.59 Å². The zero-order valence-corrected chi connectivity index (χ0v) is 18.9. The Morgan fingerprint density at radius 1 is 0.750 bits per heavy atom. The van der Waals surface area contributed by atoms with Gasteiger partial charge in [-0.05, 0) is 81.3 Å². The van der Waals surface area contributed by atoms with Gasteiger partial charge >= 0.3 is 12.2 Å². The minimum Gasteiger partial charge on any atom is -0.444 e. The molecule has 0 aromatic rings. The van der Waals surface area contributed by atoms with Gasteiger partial charge in [-0.2, -0.15) is 0 Å². The highest BCUT2D eigenvalue weighted by Gasteiger charge is 2.32. The van der Waals surface area contributed by atoms with E-state index in [1.165, 1.54) is 0 Å². The Kier molecular flexibility index (Phi) is 8.14. The molecule has 2 aliphatic heterocycles. The van der Waals surface area contributed by atoms with Crippen LogP contribution in [0.1, 0.15) is 68.2 Å². The lowest BCUT2D eigenvalue weighted by atomic mass is 10.0. The number of nitrogens with one attached hydrogen (secondary N) is 4. The largest absolute Gasteiger partial charge is 0.444 e. The maximum Gasteiger partial charge on any atom is 0.408 e. The van der Waals surface area contributed by atoms with E-state index in [2.05, 4.69) is 21.3 Å². The average Bonchev–Trinajstić information content (AvgIpc) is 3.04. The molecule has 28 heavy (non-hydrogen) atoms. The molecule has 4 N–H and O–H groups in total. The van der Waals surface area contributed by atoms with Crippen LogP contribution in [-0.2, 0) is 9.47 Å². The van der Waals surface area contributed by atoms with Crippen LogP contribution in [0, 0.1) is 0 Å². The molecule has 2 fully saturated rings. The van der Waals surface area contributed by atoms with Gasteiger partial charge in [0.05, 0.1) is 11.1 Å². The van der Waals surface area contributed by atoms with Gasteiger partial charge in [-0.25, -0.2) is 9.59 Å². The van der Waals surface area contributed by atoms with E-state index in [-0.39, 0.29) is 23.3 Å². The third kappa shape index (κ3) is 10.1. The molecule has 0 aromatic carbocycles. The van der Waals surface area contributed by atoms with Crippen molar-refractivity contribution in [3.63, 3.8) is 0 Å². The standard InChI is InChI=1S/2C10H20N2O2/c2*1-9(2,3)14-8(13)12-10(4)5-6-11-7-10/h2*11H,5-7H2,1-4H3,(H,12,13)/t2*10-/m10/s1. The van der Waals surface area contributed by atoms with Crippen molar-refractivity contribution in [2.75, 3.05) is 26.2 Å². The summed E-state index contributed by atoms with van der Waals surface area (Å²) >= 11 is 0. The molecule has 0 saturated carbocycles. The molecule has 2 atom stereocenters. The van der Waals surface area contributed by atoms with Crippen molar-refractivity contribution in [1.29, 1.82) is 0 Å². The van der Waals surface area contributed by atoms with E-state index in [1.807, 2.05) is 55.4 Å². The number of amides is 2. The summed E-state index contributed by atoms with van der Waals surface area (Å²) in [7, 11) is 0. The quantitative estimate of drug-likeness (QED) is 0.568. The zero-order valence-electron chi connectivity index (χ0n) is 18.9. The fourth-order valence-corrected chi connectivity index (χ4v) is 2.95. The van der Waals surface area contributed by atoms with Crippen LogP contribution in [0.5, 0.6) is 0 Å². The summed E-state index contributed by atoms with van der Waals surface area (Å²) in [4.78, 5) is 22.9. The molecule has 2 aliphatic rings. The van der Waals surface area contributed by atoms with Crippen LogP contribution in [0.3, 0.4) is 0 Å². The first-order valence-electron chi connectivity index (χ1n) is 10.1. The van der Waals surface area contributed by atoms with Gasteiger partial charge in [0.15, 0.2) is 0 Å². The van der Waals surface area contributed by atoms with Gasteiger partial charge in [-0.1, -0.05) is 0 Å². The normalized spacial score (nSPS) is 27.4. The molecule has 2 saturated heterocycles. The minimum absolute atomic E-state index is 0.150. The van der Waals surface area contributed by atoms with Gasteiger partial charge in [-0.3, -0.25) is 0 Å². The van der Waals surface area contributed by atoms with E-state index in [0.717, 1.165) is 39.0 Å². The van der Waals surface area contributed by atoms with Gasteiger partial charge in [-0.15, -0.1) is 0 Å². The van der Waals surface area contributed by atoms with Gasteiger partial charge in [0.2, 0.25) is 0 Å². The fourth-order valence-electron chi connectivity index (χ4n) is 2.95. The van der Waals surface area contributed by atoms with E-state index in [0.29, 0.717) is 0 Å². The van der Waals surface area contributed by atoms with Crippen LogP contribution in [-0.4, -0.2) is 60.6 Å². The zero-order chi connectivity index (χ0) is 21.6. The number of alkyl carbamates (subject to hydrolysis) is 2. The van der Waals surface area contributed by atoms with Gasteiger partial charge < -0.3 is 30.7 Å². The van der Waals surface area contributed by atoms with Crippen molar-refractivity contribution in [3.8, 4) is 0 Å². The van der Waals surface area contributed by atoms with E-state index < -0.39 is 11.2 Å². The Balaban J connectivity index is 0.000000280. The predicted octanol–water partition coefficient (Wildman–Crippen LogP) is 2.53. The summed E-state index contributed by atoms with van der Waals surface area (Å²) in [5, 5.41) is 12.2. The predicted molar refractivity (Wildman–Crippen MR) is 111 cm³/mol. The van der Waals surface area contributed by atoms with E-state index in [4.69, 9.17) is 9.47 Å². The highest BCUT2D eigenvalue weighted by Crippen LogP contribution is 2.16. The average molecular weight is 401 g/mol. The SMILES string of the molecule is CC(C)(C)OC(=O)N[C@@]1(C)CCNC1.CC(C)(C)OC(=O)N[C@]1(C)CCNC1. The monoisotopic (exact) mass is 400 g/mol. The first kappa shape index (κ1) is 24.5. The van der Waals surface area contributed by atoms with Crippen molar-refractivity contribution >= 4 is 12.2 Å². The number of ether oxygens (including phenoxy) is 2. The summed E-state index contributed by atoms with van der Waals surface area (Å²) in [6.07, 6.45) is 1.24.